The Morgan fingerprint density at radius 3 is 2.86 bits per heavy atom. The number of likely N-dealkylation sites (tertiary alicyclic amines) is 1. The summed E-state index contributed by atoms with van der Waals surface area (Å²) < 4.78 is 2.01. The lowest BCUT2D eigenvalue weighted by Crippen LogP contribution is -2.48. The van der Waals surface area contributed by atoms with Crippen LogP contribution in [-0.2, 0) is 16.1 Å². The molecule has 1 atom stereocenters. The Hall–Kier alpha value is -1.85. The Labute approximate surface area is 130 Å². The number of carbonyl (C=O) groups excluding carboxylic acids is 2. The van der Waals surface area contributed by atoms with Crippen molar-refractivity contribution in [3.05, 3.63) is 18.0 Å². The molecule has 0 spiro atoms. The van der Waals surface area contributed by atoms with Gasteiger partial charge in [-0.15, -0.1) is 0 Å². The van der Waals surface area contributed by atoms with E-state index in [1.54, 1.807) is 6.20 Å². The van der Waals surface area contributed by atoms with Crippen molar-refractivity contribution in [3.63, 3.8) is 0 Å². The highest BCUT2D eigenvalue weighted by atomic mass is 16.2. The maximum absolute atomic E-state index is 12.6. The lowest BCUT2D eigenvalue weighted by atomic mass is 9.84. The lowest BCUT2D eigenvalue weighted by molar-refractivity contribution is -0.140. The Morgan fingerprint density at radius 1 is 1.32 bits per heavy atom. The van der Waals surface area contributed by atoms with Gasteiger partial charge in [0.1, 0.15) is 0 Å². The van der Waals surface area contributed by atoms with E-state index in [-0.39, 0.29) is 23.8 Å². The van der Waals surface area contributed by atoms with Crippen LogP contribution in [-0.4, -0.2) is 51.0 Å². The van der Waals surface area contributed by atoms with Crippen LogP contribution in [0.2, 0.25) is 0 Å². The Bertz CT molecular complexity index is 593. The van der Waals surface area contributed by atoms with Gasteiger partial charge in [-0.2, -0.15) is 5.10 Å². The summed E-state index contributed by atoms with van der Waals surface area (Å²) in [5, 5.41) is 4.42. The molecule has 118 valence electrons. The number of hydrogen-bond donors (Lipinski definition) is 0. The van der Waals surface area contributed by atoms with Crippen molar-refractivity contribution in [2.24, 2.45) is 5.92 Å². The van der Waals surface area contributed by atoms with E-state index in [0.717, 1.165) is 31.5 Å². The second-order valence-corrected chi connectivity index (χ2v) is 6.71. The molecule has 1 aliphatic carbocycles. The fourth-order valence-electron chi connectivity index (χ4n) is 3.76. The third kappa shape index (κ3) is 2.30. The molecule has 2 fully saturated rings. The molecule has 3 heterocycles. The summed E-state index contributed by atoms with van der Waals surface area (Å²) in [7, 11) is 0. The molecule has 6 heteroatoms. The van der Waals surface area contributed by atoms with Gasteiger partial charge in [0.15, 0.2) is 0 Å². The van der Waals surface area contributed by atoms with Crippen molar-refractivity contribution in [3.8, 4) is 0 Å². The molecule has 0 aromatic carbocycles. The van der Waals surface area contributed by atoms with Crippen molar-refractivity contribution in [2.45, 2.75) is 44.7 Å². The molecule has 1 aromatic heterocycles. The average molecular weight is 302 g/mol. The predicted molar refractivity (Wildman–Crippen MR) is 79.8 cm³/mol. The van der Waals surface area contributed by atoms with Gasteiger partial charge in [0.05, 0.1) is 18.3 Å². The zero-order chi connectivity index (χ0) is 15.1. The van der Waals surface area contributed by atoms with Gasteiger partial charge in [-0.3, -0.25) is 14.3 Å². The fraction of sp³-hybridized carbons (Fsp3) is 0.688. The second kappa shape index (κ2) is 5.41. The van der Waals surface area contributed by atoms with Crippen molar-refractivity contribution in [2.75, 3.05) is 19.6 Å². The highest BCUT2D eigenvalue weighted by Gasteiger charge is 2.35. The standard InChI is InChI=1S/C16H22N4O2/c21-15-5-2-8-18(15)10-14-11-19(16(22)12-3-1-4-12)9-13-6-7-17-20(13)14/h6-7,12,14H,1-5,8-11H2. The summed E-state index contributed by atoms with van der Waals surface area (Å²) >= 11 is 0. The van der Waals surface area contributed by atoms with Crippen molar-refractivity contribution >= 4 is 11.8 Å². The van der Waals surface area contributed by atoms with Crippen LogP contribution in [0.5, 0.6) is 0 Å². The number of amides is 2. The highest BCUT2D eigenvalue weighted by Crippen LogP contribution is 2.31. The van der Waals surface area contributed by atoms with Crippen LogP contribution in [0.3, 0.4) is 0 Å². The minimum absolute atomic E-state index is 0.0878. The average Bonchev–Trinajstić information content (AvgIpc) is 3.06. The van der Waals surface area contributed by atoms with E-state index in [9.17, 15) is 9.59 Å². The Balaban J connectivity index is 1.52. The fourth-order valence-corrected chi connectivity index (χ4v) is 3.76. The minimum atomic E-state index is 0.0878. The van der Waals surface area contributed by atoms with E-state index in [1.165, 1.54) is 6.42 Å². The SMILES string of the molecule is O=C1CCCN1CC1CN(C(=O)C2CCC2)Cc2ccnn21. The summed E-state index contributed by atoms with van der Waals surface area (Å²) in [6, 6.07) is 2.07. The first-order valence-electron chi connectivity index (χ1n) is 8.31. The van der Waals surface area contributed by atoms with Gasteiger partial charge >= 0.3 is 0 Å². The van der Waals surface area contributed by atoms with Gasteiger partial charge in [-0.25, -0.2) is 0 Å². The molecule has 0 bridgehead atoms. The molecule has 6 nitrogen and oxygen atoms in total. The maximum Gasteiger partial charge on any atom is 0.226 e. The number of aromatic nitrogens is 2. The monoisotopic (exact) mass is 302 g/mol. The quantitative estimate of drug-likeness (QED) is 0.842. The van der Waals surface area contributed by atoms with Gasteiger partial charge in [0, 0.05) is 38.2 Å². The molecule has 4 rings (SSSR count). The third-order valence-electron chi connectivity index (χ3n) is 5.25. The molecule has 1 saturated carbocycles. The second-order valence-electron chi connectivity index (χ2n) is 6.71. The van der Waals surface area contributed by atoms with Crippen LogP contribution in [0.1, 0.15) is 43.8 Å². The topological polar surface area (TPSA) is 58.4 Å². The molecule has 0 radical (unpaired) electrons. The minimum Gasteiger partial charge on any atom is -0.340 e. The maximum atomic E-state index is 12.6. The molecule has 1 saturated heterocycles. The van der Waals surface area contributed by atoms with E-state index in [1.807, 2.05) is 20.5 Å². The smallest absolute Gasteiger partial charge is 0.226 e. The number of carbonyl (C=O) groups is 2. The van der Waals surface area contributed by atoms with Crippen LogP contribution in [0.25, 0.3) is 0 Å². The Morgan fingerprint density at radius 2 is 2.18 bits per heavy atom. The number of fused-ring (bicyclic) bond motifs is 1. The molecule has 1 unspecified atom stereocenters. The molecular weight excluding hydrogens is 280 g/mol. The first-order chi connectivity index (χ1) is 10.7. The number of nitrogens with zero attached hydrogens (tertiary/aromatic N) is 4. The molecule has 2 amide bonds. The highest BCUT2D eigenvalue weighted by molar-refractivity contribution is 5.80. The van der Waals surface area contributed by atoms with Gasteiger partial charge < -0.3 is 9.80 Å². The van der Waals surface area contributed by atoms with E-state index < -0.39 is 0 Å². The molecule has 2 aliphatic heterocycles. The predicted octanol–water partition coefficient (Wildman–Crippen LogP) is 1.19. The van der Waals surface area contributed by atoms with Gasteiger partial charge in [-0.05, 0) is 25.3 Å². The van der Waals surface area contributed by atoms with Crippen LogP contribution in [0.4, 0.5) is 0 Å². The van der Waals surface area contributed by atoms with Crippen molar-refractivity contribution in [1.82, 2.24) is 19.6 Å². The molecule has 3 aliphatic rings. The zero-order valence-electron chi connectivity index (χ0n) is 12.8. The van der Waals surface area contributed by atoms with E-state index in [2.05, 4.69) is 5.10 Å². The van der Waals surface area contributed by atoms with Crippen molar-refractivity contribution < 1.29 is 9.59 Å². The first-order valence-corrected chi connectivity index (χ1v) is 8.31. The summed E-state index contributed by atoms with van der Waals surface area (Å²) in [6.45, 7) is 2.83. The van der Waals surface area contributed by atoms with Gasteiger partial charge in [0.2, 0.25) is 11.8 Å². The largest absolute Gasteiger partial charge is 0.340 e. The van der Waals surface area contributed by atoms with E-state index in [0.29, 0.717) is 26.1 Å². The molecular formula is C16H22N4O2. The van der Waals surface area contributed by atoms with Crippen molar-refractivity contribution in [1.29, 1.82) is 0 Å². The van der Waals surface area contributed by atoms with Crippen LogP contribution in [0, 0.1) is 5.92 Å². The van der Waals surface area contributed by atoms with Crippen LogP contribution >= 0.6 is 0 Å². The van der Waals surface area contributed by atoms with Crippen LogP contribution in [0.15, 0.2) is 12.3 Å². The van der Waals surface area contributed by atoms with Crippen LogP contribution < -0.4 is 0 Å². The molecule has 22 heavy (non-hydrogen) atoms. The molecule has 0 N–H and O–H groups in total. The van der Waals surface area contributed by atoms with E-state index >= 15 is 0 Å². The summed E-state index contributed by atoms with van der Waals surface area (Å²) in [5.74, 6) is 0.746. The summed E-state index contributed by atoms with van der Waals surface area (Å²) in [4.78, 5) is 28.4. The normalized spacial score (nSPS) is 25.3. The van der Waals surface area contributed by atoms with E-state index in [4.69, 9.17) is 0 Å². The number of rotatable bonds is 3. The molecule has 1 aromatic rings. The lowest BCUT2D eigenvalue weighted by Gasteiger charge is -2.38. The summed E-state index contributed by atoms with van der Waals surface area (Å²) in [5.41, 5.74) is 1.08. The number of hydrogen-bond acceptors (Lipinski definition) is 3. The first kappa shape index (κ1) is 13.8. The van der Waals surface area contributed by atoms with Gasteiger partial charge in [0.25, 0.3) is 0 Å². The van der Waals surface area contributed by atoms with Gasteiger partial charge in [-0.1, -0.05) is 6.42 Å². The Kier molecular flexibility index (Phi) is 3.39. The summed E-state index contributed by atoms with van der Waals surface area (Å²) in [6.07, 6.45) is 6.64. The third-order valence-corrected chi connectivity index (χ3v) is 5.25. The zero-order valence-corrected chi connectivity index (χ0v) is 12.8.